The van der Waals surface area contributed by atoms with Crippen LogP contribution in [0.2, 0.25) is 0 Å². The van der Waals surface area contributed by atoms with Crippen LogP contribution in [0.1, 0.15) is 27.2 Å². The number of hydrazone groups is 1. The molecular weight excluding hydrogens is 331 g/mol. The molecule has 8 nitrogen and oxygen atoms in total. The van der Waals surface area contributed by atoms with Crippen LogP contribution >= 0.6 is 0 Å². The van der Waals surface area contributed by atoms with Crippen molar-refractivity contribution in [1.29, 1.82) is 0 Å². The lowest BCUT2D eigenvalue weighted by atomic mass is 9.73. The van der Waals surface area contributed by atoms with Gasteiger partial charge in [-0.15, -0.1) is 0 Å². The van der Waals surface area contributed by atoms with E-state index in [9.17, 15) is 9.50 Å². The smallest absolute Gasteiger partial charge is 0.164 e. The van der Waals surface area contributed by atoms with Crippen molar-refractivity contribution in [1.82, 2.24) is 5.01 Å². The Morgan fingerprint density at radius 2 is 2.20 bits per heavy atom. The largest absolute Gasteiger partial charge is 0.393 e. The first-order valence-corrected chi connectivity index (χ1v) is 8.29. The molecule has 4 aliphatic rings. The Kier molecular flexibility index (Phi) is 3.38. The number of hydrogen-bond acceptors (Lipinski definition) is 8. The Morgan fingerprint density at radius 3 is 2.88 bits per heavy atom. The molecule has 0 bridgehead atoms. The van der Waals surface area contributed by atoms with Crippen molar-refractivity contribution >= 4 is 12.2 Å². The number of halogens is 1. The maximum absolute atomic E-state index is 13.9. The molecule has 2 fully saturated rings. The highest BCUT2D eigenvalue weighted by atomic mass is 19.1. The van der Waals surface area contributed by atoms with Crippen LogP contribution in [0.25, 0.3) is 0 Å². The second-order valence-electron chi connectivity index (χ2n) is 7.66. The molecule has 9 heteroatoms. The molecule has 4 rings (SSSR count). The van der Waals surface area contributed by atoms with E-state index in [2.05, 4.69) is 10.1 Å². The number of rotatable bonds is 3. The van der Waals surface area contributed by atoms with Crippen LogP contribution in [0.15, 0.2) is 21.9 Å². The fraction of sp³-hybridized carbons (Fsp3) is 0.750. The highest BCUT2D eigenvalue weighted by Gasteiger charge is 2.75. The first-order valence-electron chi connectivity index (χ1n) is 8.29. The van der Waals surface area contributed by atoms with Crippen LogP contribution in [0.4, 0.5) is 4.39 Å². The molecule has 138 valence electrons. The Morgan fingerprint density at radius 1 is 1.44 bits per heavy atom. The molecule has 3 N–H and O–H groups in total. The summed E-state index contributed by atoms with van der Waals surface area (Å²) in [5, 5.41) is 16.0. The van der Waals surface area contributed by atoms with Crippen molar-refractivity contribution in [3.63, 3.8) is 0 Å². The Balaban J connectivity index is 1.81. The van der Waals surface area contributed by atoms with Crippen LogP contribution in [0.3, 0.4) is 0 Å². The standard InChI is InChI=1S/C16H23FN4O4/c1-13(2)24-12-15(6-17,7-22)23-8-16(12,25-13)14(3)5-4-10-11(18)19-9-20-21(10)14/h4,9,12,22H,5-8H2,1-3H3,(H2,18,19,20)/t12-,14?,15-,16+/m1/s1. The lowest BCUT2D eigenvalue weighted by molar-refractivity contribution is -0.223. The molecule has 25 heavy (non-hydrogen) atoms. The van der Waals surface area contributed by atoms with Gasteiger partial charge in [-0.05, 0) is 27.2 Å². The third-order valence-electron chi connectivity index (χ3n) is 5.73. The topological polar surface area (TPSA) is 102 Å². The maximum Gasteiger partial charge on any atom is 0.164 e. The zero-order chi connectivity index (χ0) is 18.1. The second kappa shape index (κ2) is 5.00. The van der Waals surface area contributed by atoms with Gasteiger partial charge in [0, 0.05) is 0 Å². The van der Waals surface area contributed by atoms with Crippen molar-refractivity contribution in [2.75, 3.05) is 19.9 Å². The van der Waals surface area contributed by atoms with E-state index in [0.29, 0.717) is 18.0 Å². The number of aliphatic imine (C=N–C) groups is 1. The zero-order valence-corrected chi connectivity index (χ0v) is 14.5. The van der Waals surface area contributed by atoms with Gasteiger partial charge in [0.05, 0.1) is 24.4 Å². The van der Waals surface area contributed by atoms with Crippen molar-refractivity contribution in [3.8, 4) is 0 Å². The summed E-state index contributed by atoms with van der Waals surface area (Å²) >= 11 is 0. The molecule has 0 amide bonds. The first-order chi connectivity index (χ1) is 11.7. The Labute approximate surface area is 145 Å². The molecule has 4 aliphatic heterocycles. The number of alkyl halides is 1. The third kappa shape index (κ3) is 1.95. The quantitative estimate of drug-likeness (QED) is 0.754. The van der Waals surface area contributed by atoms with Crippen molar-refractivity contribution in [2.24, 2.45) is 15.8 Å². The minimum Gasteiger partial charge on any atom is -0.393 e. The monoisotopic (exact) mass is 354 g/mol. The molecule has 0 aromatic heterocycles. The summed E-state index contributed by atoms with van der Waals surface area (Å²) in [6, 6.07) is 0. The molecule has 0 radical (unpaired) electrons. The molecule has 4 heterocycles. The molecule has 0 spiro atoms. The van der Waals surface area contributed by atoms with Gasteiger partial charge in [-0.25, -0.2) is 9.38 Å². The van der Waals surface area contributed by atoms with E-state index in [4.69, 9.17) is 19.9 Å². The van der Waals surface area contributed by atoms with E-state index in [1.165, 1.54) is 6.34 Å². The van der Waals surface area contributed by atoms with Gasteiger partial charge < -0.3 is 25.1 Å². The summed E-state index contributed by atoms with van der Waals surface area (Å²) < 4.78 is 32.0. The number of aliphatic hydroxyl groups is 1. The van der Waals surface area contributed by atoms with Gasteiger partial charge >= 0.3 is 0 Å². The number of ether oxygens (including phenoxy) is 3. The SMILES string of the molecule is CC1(C)O[C@@H]2[C@](CO)(CF)OC[C@]2(C2(C)CC=C3C(N)=NC=NN32)O1. The van der Waals surface area contributed by atoms with Crippen LogP contribution in [0.5, 0.6) is 0 Å². The molecule has 1 unspecified atom stereocenters. The van der Waals surface area contributed by atoms with Gasteiger partial charge in [0.25, 0.3) is 0 Å². The minimum atomic E-state index is -1.46. The molecule has 0 aromatic carbocycles. The van der Waals surface area contributed by atoms with Crippen molar-refractivity contribution < 1.29 is 23.7 Å². The zero-order valence-electron chi connectivity index (χ0n) is 14.5. The predicted molar refractivity (Wildman–Crippen MR) is 87.6 cm³/mol. The molecule has 0 aromatic rings. The molecular formula is C16H23FN4O4. The van der Waals surface area contributed by atoms with Gasteiger partial charge in [-0.2, -0.15) is 5.10 Å². The summed E-state index contributed by atoms with van der Waals surface area (Å²) in [5.41, 5.74) is 3.45. The minimum absolute atomic E-state index is 0.0757. The summed E-state index contributed by atoms with van der Waals surface area (Å²) in [5.74, 6) is -0.586. The van der Waals surface area contributed by atoms with Crippen LogP contribution in [-0.4, -0.2) is 70.8 Å². The van der Waals surface area contributed by atoms with E-state index in [1.807, 2.05) is 13.0 Å². The lowest BCUT2D eigenvalue weighted by Crippen LogP contribution is -2.66. The Hall–Kier alpha value is -1.55. The number of aliphatic hydroxyl groups excluding tert-OH is 1. The fourth-order valence-electron chi connectivity index (χ4n) is 4.38. The normalized spacial score (nSPS) is 44.5. The second-order valence-corrected chi connectivity index (χ2v) is 7.66. The molecule has 2 saturated heterocycles. The van der Waals surface area contributed by atoms with Crippen LogP contribution in [-0.2, 0) is 14.2 Å². The fourth-order valence-corrected chi connectivity index (χ4v) is 4.38. The number of nitrogens with zero attached hydrogens (tertiary/aromatic N) is 3. The summed E-state index contributed by atoms with van der Waals surface area (Å²) in [7, 11) is 0. The number of fused-ring (bicyclic) bond motifs is 2. The van der Waals surface area contributed by atoms with Crippen molar-refractivity contribution in [2.45, 2.75) is 55.8 Å². The van der Waals surface area contributed by atoms with Crippen LogP contribution < -0.4 is 5.73 Å². The van der Waals surface area contributed by atoms with E-state index in [1.54, 1.807) is 18.9 Å². The number of hydrogen-bond donors (Lipinski definition) is 2. The van der Waals surface area contributed by atoms with E-state index in [-0.39, 0.29) is 6.61 Å². The maximum atomic E-state index is 13.9. The van der Waals surface area contributed by atoms with E-state index in [0.717, 1.165) is 0 Å². The van der Waals surface area contributed by atoms with Crippen LogP contribution in [0, 0.1) is 0 Å². The summed E-state index contributed by atoms with van der Waals surface area (Å²) in [6.07, 6.45) is 3.07. The lowest BCUT2D eigenvalue weighted by Gasteiger charge is -2.47. The average molecular weight is 354 g/mol. The van der Waals surface area contributed by atoms with E-state index >= 15 is 0 Å². The number of nitrogens with two attached hydrogens (primary N) is 1. The Bertz CT molecular complexity index is 690. The van der Waals surface area contributed by atoms with Gasteiger partial charge in [0.2, 0.25) is 0 Å². The van der Waals surface area contributed by atoms with Gasteiger partial charge in [-0.3, -0.25) is 5.01 Å². The van der Waals surface area contributed by atoms with E-state index < -0.39 is 41.9 Å². The summed E-state index contributed by atoms with van der Waals surface area (Å²) in [4.78, 5) is 4.03. The van der Waals surface area contributed by atoms with Gasteiger partial charge in [-0.1, -0.05) is 6.08 Å². The van der Waals surface area contributed by atoms with Crippen molar-refractivity contribution in [3.05, 3.63) is 11.8 Å². The summed E-state index contributed by atoms with van der Waals surface area (Å²) in [6.45, 7) is 4.20. The van der Waals surface area contributed by atoms with Gasteiger partial charge in [0.15, 0.2) is 11.6 Å². The first kappa shape index (κ1) is 16.9. The molecule has 0 saturated carbocycles. The predicted octanol–water partition coefficient (Wildman–Crippen LogP) is 0.270. The average Bonchev–Trinajstić information content (AvgIpc) is 3.17. The third-order valence-corrected chi connectivity index (χ3v) is 5.73. The van der Waals surface area contributed by atoms with Gasteiger partial charge in [0.1, 0.15) is 30.3 Å². The molecule has 4 atom stereocenters. The highest BCUT2D eigenvalue weighted by molar-refractivity contribution is 6.02. The number of amidine groups is 1. The highest BCUT2D eigenvalue weighted by Crippen LogP contribution is 2.57. The molecule has 0 aliphatic carbocycles.